The lowest BCUT2D eigenvalue weighted by Gasteiger charge is -2.23. The standard InChI is InChI=1S/C13H16N2O2/c1-3-12(13(16)17)15(2)9-11-7-5-4-6-10(11)8-14/h4-7,12H,3,9H2,1-2H3,(H,16,17). The fourth-order valence-electron chi connectivity index (χ4n) is 1.82. The van der Waals surface area contributed by atoms with Crippen LogP contribution in [0, 0.1) is 11.3 Å². The van der Waals surface area contributed by atoms with E-state index in [1.807, 2.05) is 19.1 Å². The van der Waals surface area contributed by atoms with Crippen LogP contribution in [0.4, 0.5) is 0 Å². The van der Waals surface area contributed by atoms with Gasteiger partial charge in [-0.05, 0) is 25.1 Å². The van der Waals surface area contributed by atoms with Crippen molar-refractivity contribution in [3.63, 3.8) is 0 Å². The van der Waals surface area contributed by atoms with Crippen LogP contribution in [0.25, 0.3) is 0 Å². The maximum atomic E-state index is 11.0. The highest BCUT2D eigenvalue weighted by atomic mass is 16.4. The number of carbonyl (C=O) groups is 1. The molecule has 0 aliphatic rings. The van der Waals surface area contributed by atoms with Gasteiger partial charge in [-0.25, -0.2) is 0 Å². The van der Waals surface area contributed by atoms with Crippen molar-refractivity contribution in [1.29, 1.82) is 5.26 Å². The van der Waals surface area contributed by atoms with Crippen molar-refractivity contribution in [3.05, 3.63) is 35.4 Å². The summed E-state index contributed by atoms with van der Waals surface area (Å²) in [4.78, 5) is 12.8. The number of carboxylic acid groups (broad SMARTS) is 1. The number of benzene rings is 1. The van der Waals surface area contributed by atoms with E-state index in [1.54, 1.807) is 24.1 Å². The van der Waals surface area contributed by atoms with Crippen molar-refractivity contribution in [2.75, 3.05) is 7.05 Å². The summed E-state index contributed by atoms with van der Waals surface area (Å²) in [6.45, 7) is 2.31. The third-order valence-electron chi connectivity index (χ3n) is 2.76. The minimum Gasteiger partial charge on any atom is -0.480 e. The Balaban J connectivity index is 2.84. The topological polar surface area (TPSA) is 64.3 Å². The van der Waals surface area contributed by atoms with Crippen LogP contribution in [0.3, 0.4) is 0 Å². The van der Waals surface area contributed by atoms with Gasteiger partial charge in [-0.1, -0.05) is 25.1 Å². The van der Waals surface area contributed by atoms with Crippen LogP contribution < -0.4 is 0 Å². The molecule has 4 nitrogen and oxygen atoms in total. The highest BCUT2D eigenvalue weighted by Crippen LogP contribution is 2.12. The molecule has 90 valence electrons. The van der Waals surface area contributed by atoms with Crippen molar-refractivity contribution < 1.29 is 9.90 Å². The molecule has 0 radical (unpaired) electrons. The maximum absolute atomic E-state index is 11.0. The largest absolute Gasteiger partial charge is 0.480 e. The summed E-state index contributed by atoms with van der Waals surface area (Å²) in [5.74, 6) is -0.829. The Labute approximate surface area is 101 Å². The van der Waals surface area contributed by atoms with E-state index >= 15 is 0 Å². The fraction of sp³-hybridized carbons (Fsp3) is 0.385. The summed E-state index contributed by atoms with van der Waals surface area (Å²) < 4.78 is 0. The molecule has 0 saturated heterocycles. The molecule has 1 unspecified atom stereocenters. The van der Waals surface area contributed by atoms with Gasteiger partial charge in [0.2, 0.25) is 0 Å². The van der Waals surface area contributed by atoms with Crippen molar-refractivity contribution in [1.82, 2.24) is 4.90 Å². The van der Waals surface area contributed by atoms with Gasteiger partial charge in [0.15, 0.2) is 0 Å². The summed E-state index contributed by atoms with van der Waals surface area (Å²) in [6.07, 6.45) is 0.542. The summed E-state index contributed by atoms with van der Waals surface area (Å²) in [6, 6.07) is 8.85. The van der Waals surface area contributed by atoms with Gasteiger partial charge in [-0.2, -0.15) is 5.26 Å². The van der Waals surface area contributed by atoms with Gasteiger partial charge >= 0.3 is 5.97 Å². The lowest BCUT2D eigenvalue weighted by Crippen LogP contribution is -2.37. The van der Waals surface area contributed by atoms with Gasteiger partial charge in [-0.15, -0.1) is 0 Å². The maximum Gasteiger partial charge on any atom is 0.320 e. The van der Waals surface area contributed by atoms with Crippen molar-refractivity contribution in [3.8, 4) is 6.07 Å². The Kier molecular flexibility index (Phi) is 4.68. The second-order valence-electron chi connectivity index (χ2n) is 3.95. The minimum atomic E-state index is -0.829. The van der Waals surface area contributed by atoms with Crippen LogP contribution in [0.2, 0.25) is 0 Å². The quantitative estimate of drug-likeness (QED) is 0.841. The van der Waals surface area contributed by atoms with Crippen LogP contribution >= 0.6 is 0 Å². The van der Waals surface area contributed by atoms with Gasteiger partial charge in [0.1, 0.15) is 6.04 Å². The first kappa shape index (κ1) is 13.2. The number of carboxylic acids is 1. The Morgan fingerprint density at radius 2 is 2.18 bits per heavy atom. The Morgan fingerprint density at radius 3 is 2.71 bits per heavy atom. The van der Waals surface area contributed by atoms with Gasteiger partial charge < -0.3 is 5.11 Å². The van der Waals surface area contributed by atoms with Gasteiger partial charge in [0, 0.05) is 6.54 Å². The first-order chi connectivity index (χ1) is 8.10. The molecule has 1 aromatic rings. The van der Waals surface area contributed by atoms with Crippen LogP contribution in [0.5, 0.6) is 0 Å². The molecule has 0 bridgehead atoms. The van der Waals surface area contributed by atoms with Crippen LogP contribution in [-0.4, -0.2) is 29.1 Å². The van der Waals surface area contributed by atoms with E-state index in [0.717, 1.165) is 5.56 Å². The molecule has 1 N–H and O–H groups in total. The molecule has 0 spiro atoms. The SMILES string of the molecule is CCC(C(=O)O)N(C)Cc1ccccc1C#N. The summed E-state index contributed by atoms with van der Waals surface area (Å²) in [5.41, 5.74) is 1.46. The van der Waals surface area contributed by atoms with E-state index in [-0.39, 0.29) is 0 Å². The highest BCUT2D eigenvalue weighted by molar-refractivity contribution is 5.73. The molecule has 4 heteroatoms. The normalized spacial score (nSPS) is 12.1. The number of aliphatic carboxylic acids is 1. The zero-order valence-electron chi connectivity index (χ0n) is 10.1. The fourth-order valence-corrected chi connectivity index (χ4v) is 1.82. The Hall–Kier alpha value is -1.86. The third-order valence-corrected chi connectivity index (χ3v) is 2.76. The molecular weight excluding hydrogens is 216 g/mol. The molecule has 0 fully saturated rings. The number of nitriles is 1. The molecule has 0 heterocycles. The van der Waals surface area contributed by atoms with Crippen molar-refractivity contribution >= 4 is 5.97 Å². The summed E-state index contributed by atoms with van der Waals surface area (Å²) in [7, 11) is 1.76. The van der Waals surface area contributed by atoms with Crippen molar-refractivity contribution in [2.24, 2.45) is 0 Å². The second-order valence-corrected chi connectivity index (χ2v) is 3.95. The summed E-state index contributed by atoms with van der Waals surface area (Å²) >= 11 is 0. The molecule has 0 aliphatic heterocycles. The molecular formula is C13H16N2O2. The predicted octanol–water partition coefficient (Wildman–Crippen LogP) is 1.85. The number of rotatable bonds is 5. The van der Waals surface area contributed by atoms with Gasteiger partial charge in [0.25, 0.3) is 0 Å². The van der Waals surface area contributed by atoms with E-state index in [2.05, 4.69) is 6.07 Å². The molecule has 0 aliphatic carbocycles. The summed E-state index contributed by atoms with van der Waals surface area (Å²) in [5, 5.41) is 18.0. The van der Waals surface area contributed by atoms with Gasteiger partial charge in [0.05, 0.1) is 11.6 Å². The number of hydrogen-bond acceptors (Lipinski definition) is 3. The van der Waals surface area contributed by atoms with Crippen LogP contribution in [0.15, 0.2) is 24.3 Å². The Morgan fingerprint density at radius 1 is 1.53 bits per heavy atom. The number of hydrogen-bond donors (Lipinski definition) is 1. The van der Waals surface area contributed by atoms with E-state index in [0.29, 0.717) is 18.5 Å². The van der Waals surface area contributed by atoms with Gasteiger partial charge in [-0.3, -0.25) is 9.69 Å². The average molecular weight is 232 g/mol. The highest BCUT2D eigenvalue weighted by Gasteiger charge is 2.20. The third kappa shape index (κ3) is 3.30. The smallest absolute Gasteiger partial charge is 0.320 e. The lowest BCUT2D eigenvalue weighted by atomic mass is 10.1. The number of nitrogens with zero attached hydrogens (tertiary/aromatic N) is 2. The van der Waals surface area contributed by atoms with Crippen molar-refractivity contribution in [2.45, 2.75) is 25.9 Å². The molecule has 1 rings (SSSR count). The molecule has 17 heavy (non-hydrogen) atoms. The van der Waals surface area contributed by atoms with E-state index in [1.165, 1.54) is 0 Å². The lowest BCUT2D eigenvalue weighted by molar-refractivity contribution is -0.143. The van der Waals surface area contributed by atoms with E-state index < -0.39 is 12.0 Å². The first-order valence-electron chi connectivity index (χ1n) is 5.51. The van der Waals surface area contributed by atoms with Crippen LogP contribution in [-0.2, 0) is 11.3 Å². The first-order valence-corrected chi connectivity index (χ1v) is 5.51. The predicted molar refractivity (Wildman–Crippen MR) is 64.3 cm³/mol. The molecule has 1 atom stereocenters. The molecule has 1 aromatic carbocycles. The average Bonchev–Trinajstić information content (AvgIpc) is 2.30. The Bertz CT molecular complexity index is 437. The minimum absolute atomic E-state index is 0.467. The molecule has 0 saturated carbocycles. The van der Waals surface area contributed by atoms with Crippen LogP contribution in [0.1, 0.15) is 24.5 Å². The number of likely N-dealkylation sites (N-methyl/N-ethyl adjacent to an activating group) is 1. The zero-order chi connectivity index (χ0) is 12.8. The van der Waals surface area contributed by atoms with E-state index in [4.69, 9.17) is 10.4 Å². The second kappa shape index (κ2) is 6.02. The molecule has 0 amide bonds. The van der Waals surface area contributed by atoms with E-state index in [9.17, 15) is 4.79 Å². The zero-order valence-corrected chi connectivity index (χ0v) is 10.1. The molecule has 0 aromatic heterocycles. The monoisotopic (exact) mass is 232 g/mol.